The number of hydrogen-bond donors (Lipinski definition) is 2. The number of hydrogen-bond acceptors (Lipinski definition) is 4. The van der Waals surface area contributed by atoms with Gasteiger partial charge in [-0.2, -0.15) is 5.10 Å². The van der Waals surface area contributed by atoms with Gasteiger partial charge in [-0.3, -0.25) is 4.79 Å². The van der Waals surface area contributed by atoms with Crippen LogP contribution < -0.4 is 5.43 Å². The Bertz CT molecular complexity index is 808. The molecule has 2 N–H and O–H groups in total. The number of benzene rings is 2. The van der Waals surface area contributed by atoms with Crippen LogP contribution in [0.25, 0.3) is 10.8 Å². The number of nitrogens with zero attached hydrogens (tertiary/aromatic N) is 1. The number of hydrazone groups is 1. The van der Waals surface area contributed by atoms with Gasteiger partial charge in [0.25, 0.3) is 0 Å². The van der Waals surface area contributed by atoms with Gasteiger partial charge in [0, 0.05) is 10.9 Å². The van der Waals surface area contributed by atoms with Gasteiger partial charge in [-0.15, -0.1) is 0 Å². The standard InChI is InChI=1S/C16H12N2O3/c19-15-12(8-7-11-4-1-2-5-13(11)15)10-17-18-16(20)14-6-3-9-21-14/h1-10,19H,(H,18,20)/b17-10-. The van der Waals surface area contributed by atoms with Crippen molar-refractivity contribution in [2.24, 2.45) is 5.10 Å². The third-order valence-electron chi connectivity index (χ3n) is 3.05. The second-order valence-corrected chi connectivity index (χ2v) is 4.40. The van der Waals surface area contributed by atoms with E-state index in [1.54, 1.807) is 18.2 Å². The monoisotopic (exact) mass is 280 g/mol. The van der Waals surface area contributed by atoms with Gasteiger partial charge < -0.3 is 9.52 Å². The average Bonchev–Trinajstić information content (AvgIpc) is 3.04. The van der Waals surface area contributed by atoms with Crippen LogP contribution in [0.2, 0.25) is 0 Å². The summed E-state index contributed by atoms with van der Waals surface area (Å²) >= 11 is 0. The first kappa shape index (κ1) is 12.9. The third kappa shape index (κ3) is 2.62. The molecule has 0 fully saturated rings. The molecule has 0 unspecified atom stereocenters. The number of carbonyl (C=O) groups is 1. The molecular formula is C16H12N2O3. The molecule has 21 heavy (non-hydrogen) atoms. The topological polar surface area (TPSA) is 74.8 Å². The van der Waals surface area contributed by atoms with Gasteiger partial charge in [0.2, 0.25) is 0 Å². The van der Waals surface area contributed by atoms with Crippen LogP contribution in [-0.2, 0) is 0 Å². The van der Waals surface area contributed by atoms with Crippen LogP contribution in [0.5, 0.6) is 5.75 Å². The minimum Gasteiger partial charge on any atom is -0.507 e. The maximum Gasteiger partial charge on any atom is 0.307 e. The second kappa shape index (κ2) is 5.50. The van der Waals surface area contributed by atoms with Crippen molar-refractivity contribution in [3.8, 4) is 5.75 Å². The van der Waals surface area contributed by atoms with E-state index < -0.39 is 5.91 Å². The normalized spacial score (nSPS) is 11.0. The Labute approximate surface area is 120 Å². The highest BCUT2D eigenvalue weighted by Gasteiger charge is 2.07. The van der Waals surface area contributed by atoms with Gasteiger partial charge in [-0.1, -0.05) is 30.3 Å². The third-order valence-corrected chi connectivity index (χ3v) is 3.05. The van der Waals surface area contributed by atoms with Crippen LogP contribution in [0, 0.1) is 0 Å². The van der Waals surface area contributed by atoms with Gasteiger partial charge in [-0.25, -0.2) is 5.43 Å². The largest absolute Gasteiger partial charge is 0.507 e. The molecule has 3 aromatic rings. The first-order valence-corrected chi connectivity index (χ1v) is 6.33. The molecule has 0 bridgehead atoms. The molecular weight excluding hydrogens is 268 g/mol. The second-order valence-electron chi connectivity index (χ2n) is 4.40. The van der Waals surface area contributed by atoms with Crippen molar-refractivity contribution in [1.82, 2.24) is 5.43 Å². The summed E-state index contributed by atoms with van der Waals surface area (Å²) in [5.41, 5.74) is 2.86. The summed E-state index contributed by atoms with van der Waals surface area (Å²) in [5.74, 6) is -0.143. The maximum absolute atomic E-state index is 11.6. The van der Waals surface area contributed by atoms with Gasteiger partial charge in [0.15, 0.2) is 5.76 Å². The van der Waals surface area contributed by atoms with Crippen molar-refractivity contribution < 1.29 is 14.3 Å². The molecule has 0 aliphatic rings. The van der Waals surface area contributed by atoms with Crippen LogP contribution in [-0.4, -0.2) is 17.2 Å². The van der Waals surface area contributed by atoms with E-state index in [1.165, 1.54) is 12.5 Å². The number of phenols is 1. The van der Waals surface area contributed by atoms with E-state index in [1.807, 2.05) is 30.3 Å². The Morgan fingerprint density at radius 3 is 2.81 bits per heavy atom. The highest BCUT2D eigenvalue weighted by molar-refractivity contribution is 5.98. The zero-order valence-electron chi connectivity index (χ0n) is 11.0. The molecule has 2 aromatic carbocycles. The number of phenolic OH excluding ortho intramolecular Hbond substituents is 1. The van der Waals surface area contributed by atoms with E-state index in [9.17, 15) is 9.90 Å². The van der Waals surface area contributed by atoms with E-state index >= 15 is 0 Å². The molecule has 1 amide bonds. The predicted molar refractivity (Wildman–Crippen MR) is 79.4 cm³/mol. The lowest BCUT2D eigenvalue weighted by Gasteiger charge is -2.03. The van der Waals surface area contributed by atoms with Crippen LogP contribution in [0.15, 0.2) is 64.3 Å². The number of carbonyl (C=O) groups excluding carboxylic acids is 1. The Hall–Kier alpha value is -3.08. The summed E-state index contributed by atoms with van der Waals surface area (Å²) in [6, 6.07) is 14.3. The van der Waals surface area contributed by atoms with Gasteiger partial charge >= 0.3 is 5.91 Å². The summed E-state index contributed by atoms with van der Waals surface area (Å²) in [5, 5.41) is 15.7. The van der Waals surface area contributed by atoms with Crippen molar-refractivity contribution in [2.75, 3.05) is 0 Å². The Balaban J connectivity index is 1.80. The lowest BCUT2D eigenvalue weighted by molar-refractivity contribution is 0.0927. The fourth-order valence-electron chi connectivity index (χ4n) is 2.00. The fourth-order valence-corrected chi connectivity index (χ4v) is 2.00. The number of fused-ring (bicyclic) bond motifs is 1. The number of amides is 1. The minimum absolute atomic E-state index is 0.129. The van der Waals surface area contributed by atoms with E-state index in [0.717, 1.165) is 10.8 Å². The Morgan fingerprint density at radius 2 is 2.00 bits per heavy atom. The number of nitrogens with one attached hydrogen (secondary N) is 1. The minimum atomic E-state index is -0.448. The van der Waals surface area contributed by atoms with Crippen molar-refractivity contribution in [1.29, 1.82) is 0 Å². The van der Waals surface area contributed by atoms with E-state index in [4.69, 9.17) is 4.42 Å². The summed E-state index contributed by atoms with van der Waals surface area (Å²) in [4.78, 5) is 11.6. The molecule has 1 aromatic heterocycles. The molecule has 0 aliphatic carbocycles. The zero-order valence-corrected chi connectivity index (χ0v) is 11.0. The molecule has 104 valence electrons. The molecule has 0 atom stereocenters. The highest BCUT2D eigenvalue weighted by atomic mass is 16.3. The Kier molecular flexibility index (Phi) is 3.39. The highest BCUT2D eigenvalue weighted by Crippen LogP contribution is 2.27. The smallest absolute Gasteiger partial charge is 0.307 e. The predicted octanol–water partition coefficient (Wildman–Crippen LogP) is 2.90. The molecule has 0 saturated heterocycles. The molecule has 0 spiro atoms. The molecule has 5 nitrogen and oxygen atoms in total. The van der Waals surface area contributed by atoms with Gasteiger partial charge in [0.05, 0.1) is 12.5 Å². The zero-order chi connectivity index (χ0) is 14.7. The quantitative estimate of drug-likeness (QED) is 0.572. The summed E-state index contributed by atoms with van der Waals surface area (Å²) < 4.78 is 4.94. The molecule has 0 radical (unpaired) electrons. The van der Waals surface area contributed by atoms with Gasteiger partial charge in [-0.05, 0) is 23.6 Å². The molecule has 5 heteroatoms. The van der Waals surface area contributed by atoms with Crippen molar-refractivity contribution in [3.05, 3.63) is 66.1 Å². The van der Waals surface area contributed by atoms with Crippen LogP contribution in [0.4, 0.5) is 0 Å². The molecule has 0 aliphatic heterocycles. The van der Waals surface area contributed by atoms with Gasteiger partial charge in [0.1, 0.15) is 5.75 Å². The fraction of sp³-hybridized carbons (Fsp3) is 0. The molecule has 3 rings (SSSR count). The van der Waals surface area contributed by atoms with Crippen molar-refractivity contribution in [3.63, 3.8) is 0 Å². The van der Waals surface area contributed by atoms with E-state index in [2.05, 4.69) is 10.5 Å². The summed E-state index contributed by atoms with van der Waals surface area (Å²) in [6.07, 6.45) is 2.80. The Morgan fingerprint density at radius 1 is 1.14 bits per heavy atom. The lowest BCUT2D eigenvalue weighted by atomic mass is 10.1. The number of furan rings is 1. The summed E-state index contributed by atoms with van der Waals surface area (Å²) in [6.45, 7) is 0. The van der Waals surface area contributed by atoms with Crippen LogP contribution in [0.1, 0.15) is 16.1 Å². The van der Waals surface area contributed by atoms with Crippen LogP contribution in [0.3, 0.4) is 0 Å². The van der Waals surface area contributed by atoms with E-state index in [-0.39, 0.29) is 11.5 Å². The van der Waals surface area contributed by atoms with Crippen molar-refractivity contribution in [2.45, 2.75) is 0 Å². The maximum atomic E-state index is 11.6. The number of aromatic hydroxyl groups is 1. The van der Waals surface area contributed by atoms with E-state index in [0.29, 0.717) is 5.56 Å². The lowest BCUT2D eigenvalue weighted by Crippen LogP contribution is -2.16. The van der Waals surface area contributed by atoms with Crippen LogP contribution >= 0.6 is 0 Å². The van der Waals surface area contributed by atoms with Crippen molar-refractivity contribution >= 4 is 22.9 Å². The first-order chi connectivity index (χ1) is 10.3. The average molecular weight is 280 g/mol. The first-order valence-electron chi connectivity index (χ1n) is 6.33. The molecule has 0 saturated carbocycles. The SMILES string of the molecule is O=C(N/N=C\c1ccc2ccccc2c1O)c1ccco1. The summed E-state index contributed by atoms with van der Waals surface area (Å²) in [7, 11) is 0. The molecule has 1 heterocycles. The number of rotatable bonds is 3.